The summed E-state index contributed by atoms with van der Waals surface area (Å²) in [4.78, 5) is 10.9. The lowest BCUT2D eigenvalue weighted by Crippen LogP contribution is -2.00. The van der Waals surface area contributed by atoms with Crippen molar-refractivity contribution in [2.24, 2.45) is 0 Å². The lowest BCUT2D eigenvalue weighted by molar-refractivity contribution is 0.0698. The smallest absolute Gasteiger partial charge is 0.338 e. The number of hydrogen-bond donors (Lipinski definition) is 1. The standard InChI is InChI=1S/C10H8N2O2/c1-6-2-3-9-7(4-6)8(10(13)14)5-11-12-9/h2-5H,1H3,(H,13,14). The SMILES string of the molecule is Cc1ccc2nncc(C(=O)O)c2c1. The first-order chi connectivity index (χ1) is 6.68. The number of carboxylic acid groups (broad SMARTS) is 1. The summed E-state index contributed by atoms with van der Waals surface area (Å²) in [7, 11) is 0. The maximum absolute atomic E-state index is 10.9. The molecule has 0 aliphatic rings. The fraction of sp³-hybridized carbons (Fsp3) is 0.100. The van der Waals surface area contributed by atoms with Crippen molar-refractivity contribution in [2.45, 2.75) is 6.92 Å². The summed E-state index contributed by atoms with van der Waals surface area (Å²) in [6.07, 6.45) is 1.27. The quantitative estimate of drug-likeness (QED) is 0.738. The first-order valence-electron chi connectivity index (χ1n) is 4.14. The van der Waals surface area contributed by atoms with Crippen molar-refractivity contribution >= 4 is 16.9 Å². The predicted molar refractivity (Wildman–Crippen MR) is 51.2 cm³/mol. The Morgan fingerprint density at radius 3 is 2.93 bits per heavy atom. The number of nitrogens with zero attached hydrogens (tertiary/aromatic N) is 2. The van der Waals surface area contributed by atoms with E-state index >= 15 is 0 Å². The molecule has 1 N–H and O–H groups in total. The molecule has 4 heteroatoms. The van der Waals surface area contributed by atoms with E-state index in [1.165, 1.54) is 6.20 Å². The molecule has 0 aliphatic carbocycles. The molecule has 4 nitrogen and oxygen atoms in total. The number of carboxylic acids is 1. The van der Waals surface area contributed by atoms with E-state index in [1.54, 1.807) is 12.1 Å². The minimum absolute atomic E-state index is 0.193. The number of rotatable bonds is 1. The minimum atomic E-state index is -0.976. The summed E-state index contributed by atoms with van der Waals surface area (Å²) in [5.74, 6) is -0.976. The highest BCUT2D eigenvalue weighted by Gasteiger charge is 2.09. The van der Waals surface area contributed by atoms with E-state index in [0.29, 0.717) is 10.9 Å². The van der Waals surface area contributed by atoms with Crippen LogP contribution in [0, 0.1) is 6.92 Å². The van der Waals surface area contributed by atoms with E-state index in [4.69, 9.17) is 5.11 Å². The molecule has 0 amide bonds. The first kappa shape index (κ1) is 8.62. The highest BCUT2D eigenvalue weighted by molar-refractivity contribution is 6.01. The van der Waals surface area contributed by atoms with Gasteiger partial charge in [-0.25, -0.2) is 4.79 Å². The van der Waals surface area contributed by atoms with Gasteiger partial charge in [-0.3, -0.25) is 0 Å². The Hall–Kier alpha value is -1.97. The Labute approximate surface area is 80.2 Å². The number of benzene rings is 1. The summed E-state index contributed by atoms with van der Waals surface area (Å²) in [6.45, 7) is 1.91. The van der Waals surface area contributed by atoms with Crippen molar-refractivity contribution in [2.75, 3.05) is 0 Å². The van der Waals surface area contributed by atoms with Gasteiger partial charge in [-0.15, -0.1) is 0 Å². The zero-order chi connectivity index (χ0) is 10.1. The fourth-order valence-electron chi connectivity index (χ4n) is 1.34. The topological polar surface area (TPSA) is 63.1 Å². The highest BCUT2D eigenvalue weighted by Crippen LogP contribution is 2.16. The molecule has 0 atom stereocenters. The van der Waals surface area contributed by atoms with Gasteiger partial charge < -0.3 is 5.11 Å². The zero-order valence-electron chi connectivity index (χ0n) is 7.56. The van der Waals surface area contributed by atoms with Crippen molar-refractivity contribution < 1.29 is 9.90 Å². The van der Waals surface area contributed by atoms with Crippen LogP contribution in [0.3, 0.4) is 0 Å². The molecule has 0 aliphatic heterocycles. The summed E-state index contributed by atoms with van der Waals surface area (Å²) in [5, 5.41) is 17.0. The van der Waals surface area contributed by atoms with Crippen molar-refractivity contribution in [3.63, 3.8) is 0 Å². The molecule has 0 unspecified atom stereocenters. The van der Waals surface area contributed by atoms with E-state index < -0.39 is 5.97 Å². The monoisotopic (exact) mass is 188 g/mol. The van der Waals surface area contributed by atoms with Crippen molar-refractivity contribution in [1.82, 2.24) is 10.2 Å². The zero-order valence-corrected chi connectivity index (χ0v) is 7.56. The van der Waals surface area contributed by atoms with Crippen LogP contribution < -0.4 is 0 Å². The van der Waals surface area contributed by atoms with Crippen molar-refractivity contribution in [3.05, 3.63) is 35.5 Å². The third kappa shape index (κ3) is 1.31. The molecular formula is C10H8N2O2. The molecule has 0 spiro atoms. The van der Waals surface area contributed by atoms with Crippen LogP contribution in [0.5, 0.6) is 0 Å². The Morgan fingerprint density at radius 1 is 1.43 bits per heavy atom. The van der Waals surface area contributed by atoms with Gasteiger partial charge in [0.1, 0.15) is 0 Å². The van der Waals surface area contributed by atoms with Crippen LogP contribution in [0.4, 0.5) is 0 Å². The molecule has 70 valence electrons. The lowest BCUT2D eigenvalue weighted by Gasteiger charge is -2.00. The van der Waals surface area contributed by atoms with E-state index in [1.807, 2.05) is 13.0 Å². The fourth-order valence-corrected chi connectivity index (χ4v) is 1.34. The average Bonchev–Trinajstić information content (AvgIpc) is 2.16. The Kier molecular flexibility index (Phi) is 1.89. The van der Waals surface area contributed by atoms with Gasteiger partial charge in [0.05, 0.1) is 17.3 Å². The van der Waals surface area contributed by atoms with E-state index in [0.717, 1.165) is 5.56 Å². The second kappa shape index (κ2) is 3.06. The average molecular weight is 188 g/mol. The lowest BCUT2D eigenvalue weighted by atomic mass is 10.1. The molecule has 0 saturated carbocycles. The molecule has 2 aromatic rings. The molecule has 0 radical (unpaired) electrons. The number of carbonyl (C=O) groups is 1. The summed E-state index contributed by atoms with van der Waals surface area (Å²) in [5.41, 5.74) is 1.81. The molecule has 1 aromatic carbocycles. The molecule has 0 fully saturated rings. The number of aryl methyl sites for hydroxylation is 1. The van der Waals surface area contributed by atoms with Crippen LogP contribution in [0.25, 0.3) is 10.9 Å². The van der Waals surface area contributed by atoms with Crippen molar-refractivity contribution in [3.8, 4) is 0 Å². The van der Waals surface area contributed by atoms with E-state index in [9.17, 15) is 4.79 Å². The molecule has 2 rings (SSSR count). The molecule has 14 heavy (non-hydrogen) atoms. The van der Waals surface area contributed by atoms with Gasteiger partial charge in [0, 0.05) is 5.39 Å². The Bertz CT molecular complexity index is 508. The van der Waals surface area contributed by atoms with Crippen LogP contribution in [0.1, 0.15) is 15.9 Å². The molecule has 1 aromatic heterocycles. The maximum atomic E-state index is 10.9. The van der Waals surface area contributed by atoms with Gasteiger partial charge >= 0.3 is 5.97 Å². The first-order valence-corrected chi connectivity index (χ1v) is 4.14. The van der Waals surface area contributed by atoms with Gasteiger partial charge in [0.15, 0.2) is 0 Å². The van der Waals surface area contributed by atoms with Gasteiger partial charge in [-0.1, -0.05) is 11.6 Å². The second-order valence-electron chi connectivity index (χ2n) is 3.08. The summed E-state index contributed by atoms with van der Waals surface area (Å²) >= 11 is 0. The second-order valence-corrected chi connectivity index (χ2v) is 3.08. The summed E-state index contributed by atoms with van der Waals surface area (Å²) < 4.78 is 0. The number of aromatic carboxylic acids is 1. The molecule has 0 bridgehead atoms. The third-order valence-corrected chi connectivity index (χ3v) is 2.02. The van der Waals surface area contributed by atoms with Crippen LogP contribution >= 0.6 is 0 Å². The number of aromatic nitrogens is 2. The number of hydrogen-bond acceptors (Lipinski definition) is 3. The maximum Gasteiger partial charge on any atom is 0.338 e. The highest BCUT2D eigenvalue weighted by atomic mass is 16.4. The van der Waals surface area contributed by atoms with Crippen LogP contribution in [0.2, 0.25) is 0 Å². The van der Waals surface area contributed by atoms with E-state index in [2.05, 4.69) is 10.2 Å². The van der Waals surface area contributed by atoms with Gasteiger partial charge in [0.2, 0.25) is 0 Å². The van der Waals surface area contributed by atoms with Gasteiger partial charge in [0.25, 0.3) is 0 Å². The third-order valence-electron chi connectivity index (χ3n) is 2.02. The minimum Gasteiger partial charge on any atom is -0.478 e. The molecular weight excluding hydrogens is 180 g/mol. The number of fused-ring (bicyclic) bond motifs is 1. The Morgan fingerprint density at radius 2 is 2.21 bits per heavy atom. The molecule has 1 heterocycles. The van der Waals surface area contributed by atoms with Gasteiger partial charge in [-0.05, 0) is 19.1 Å². The van der Waals surface area contributed by atoms with Crippen LogP contribution in [0.15, 0.2) is 24.4 Å². The predicted octanol–water partition coefficient (Wildman–Crippen LogP) is 1.64. The molecule has 0 saturated heterocycles. The largest absolute Gasteiger partial charge is 0.478 e. The van der Waals surface area contributed by atoms with Crippen LogP contribution in [-0.2, 0) is 0 Å². The van der Waals surface area contributed by atoms with Gasteiger partial charge in [-0.2, -0.15) is 10.2 Å². The normalized spacial score (nSPS) is 10.4. The van der Waals surface area contributed by atoms with Crippen molar-refractivity contribution in [1.29, 1.82) is 0 Å². The van der Waals surface area contributed by atoms with E-state index in [-0.39, 0.29) is 5.56 Å². The van der Waals surface area contributed by atoms with Crippen LogP contribution in [-0.4, -0.2) is 21.3 Å². The summed E-state index contributed by atoms with van der Waals surface area (Å²) in [6, 6.07) is 5.44. The Balaban J connectivity index is 2.84.